The zero-order chi connectivity index (χ0) is 12.5. The first-order chi connectivity index (χ1) is 8.74. The molecular weight excluding hydrogens is 228 g/mol. The topological polar surface area (TPSA) is 65.1 Å². The van der Waals surface area contributed by atoms with Crippen LogP contribution in [0, 0.1) is 5.92 Å². The molecule has 1 aromatic heterocycles. The molecule has 18 heavy (non-hydrogen) atoms. The van der Waals surface area contributed by atoms with Gasteiger partial charge in [0.25, 0.3) is 0 Å². The van der Waals surface area contributed by atoms with Crippen LogP contribution in [0.25, 0.3) is 10.9 Å². The number of aromatic amines is 1. The van der Waals surface area contributed by atoms with Crippen LogP contribution in [0.15, 0.2) is 30.5 Å². The van der Waals surface area contributed by atoms with Gasteiger partial charge in [-0.05, 0) is 36.8 Å². The van der Waals surface area contributed by atoms with Gasteiger partial charge in [-0.15, -0.1) is 0 Å². The zero-order valence-corrected chi connectivity index (χ0v) is 10.0. The number of H-pyrrole nitrogens is 1. The second-order valence-corrected chi connectivity index (χ2v) is 4.96. The van der Waals surface area contributed by atoms with Gasteiger partial charge >= 0.3 is 6.09 Å². The van der Waals surface area contributed by atoms with Crippen LogP contribution in [0.1, 0.15) is 18.4 Å². The first kappa shape index (κ1) is 11.1. The van der Waals surface area contributed by atoms with Crippen molar-refractivity contribution < 1.29 is 9.90 Å². The summed E-state index contributed by atoms with van der Waals surface area (Å²) in [6.45, 7) is 0. The van der Waals surface area contributed by atoms with Gasteiger partial charge in [-0.2, -0.15) is 0 Å². The average Bonchev–Trinajstić information content (AvgIpc) is 3.12. The quantitative estimate of drug-likeness (QED) is 0.774. The number of carboxylic acid groups (broad SMARTS) is 1. The van der Waals surface area contributed by atoms with Crippen molar-refractivity contribution in [2.24, 2.45) is 5.92 Å². The smallest absolute Gasteiger partial charge is 0.404 e. The van der Waals surface area contributed by atoms with E-state index in [1.165, 1.54) is 10.9 Å². The summed E-state index contributed by atoms with van der Waals surface area (Å²) in [4.78, 5) is 14.0. The van der Waals surface area contributed by atoms with Gasteiger partial charge in [0.2, 0.25) is 0 Å². The van der Waals surface area contributed by atoms with Crippen LogP contribution in [0.4, 0.5) is 4.79 Å². The van der Waals surface area contributed by atoms with Crippen LogP contribution >= 0.6 is 0 Å². The molecule has 1 heterocycles. The Hall–Kier alpha value is -1.97. The van der Waals surface area contributed by atoms with Crippen molar-refractivity contribution in [2.45, 2.75) is 25.3 Å². The Morgan fingerprint density at radius 1 is 1.44 bits per heavy atom. The first-order valence-corrected chi connectivity index (χ1v) is 6.28. The number of para-hydroxylation sites is 1. The van der Waals surface area contributed by atoms with Crippen molar-refractivity contribution in [1.29, 1.82) is 0 Å². The molecule has 0 radical (unpaired) electrons. The fraction of sp³-hybridized carbons (Fsp3) is 0.357. The van der Waals surface area contributed by atoms with Gasteiger partial charge < -0.3 is 15.4 Å². The third-order valence-corrected chi connectivity index (χ3v) is 3.61. The van der Waals surface area contributed by atoms with E-state index in [-0.39, 0.29) is 6.04 Å². The number of hydrogen-bond donors (Lipinski definition) is 3. The molecule has 0 saturated heterocycles. The van der Waals surface area contributed by atoms with E-state index in [2.05, 4.69) is 16.4 Å². The molecule has 1 atom stereocenters. The van der Waals surface area contributed by atoms with Gasteiger partial charge in [0.05, 0.1) is 0 Å². The number of nitrogens with one attached hydrogen (secondary N) is 2. The van der Waals surface area contributed by atoms with Gasteiger partial charge in [-0.3, -0.25) is 0 Å². The number of aromatic nitrogens is 1. The summed E-state index contributed by atoms with van der Waals surface area (Å²) >= 11 is 0. The molecule has 1 aliphatic rings. The monoisotopic (exact) mass is 244 g/mol. The summed E-state index contributed by atoms with van der Waals surface area (Å²) in [5.41, 5.74) is 2.30. The molecule has 3 rings (SSSR count). The van der Waals surface area contributed by atoms with Crippen LogP contribution in [-0.2, 0) is 6.42 Å². The number of amides is 1. The van der Waals surface area contributed by atoms with Gasteiger partial charge in [0.1, 0.15) is 0 Å². The molecular formula is C14H16N2O2. The van der Waals surface area contributed by atoms with Crippen molar-refractivity contribution in [3.8, 4) is 0 Å². The minimum absolute atomic E-state index is 0.0432. The van der Waals surface area contributed by atoms with Crippen molar-refractivity contribution in [3.05, 3.63) is 36.0 Å². The summed E-state index contributed by atoms with van der Waals surface area (Å²) in [7, 11) is 0. The second-order valence-electron chi connectivity index (χ2n) is 4.96. The minimum atomic E-state index is -0.924. The Morgan fingerprint density at radius 2 is 2.22 bits per heavy atom. The predicted molar refractivity (Wildman–Crippen MR) is 69.7 cm³/mol. The Morgan fingerprint density at radius 3 is 2.94 bits per heavy atom. The summed E-state index contributed by atoms with van der Waals surface area (Å²) in [6.07, 6.45) is 4.09. The molecule has 4 nitrogen and oxygen atoms in total. The molecule has 94 valence electrons. The second kappa shape index (κ2) is 4.37. The molecule has 1 fully saturated rings. The third-order valence-electron chi connectivity index (χ3n) is 3.61. The van der Waals surface area contributed by atoms with Crippen molar-refractivity contribution in [2.75, 3.05) is 0 Å². The molecule has 0 spiro atoms. The lowest BCUT2D eigenvalue weighted by molar-refractivity contribution is 0.188. The van der Waals surface area contributed by atoms with Crippen molar-refractivity contribution >= 4 is 17.0 Å². The Kier molecular flexibility index (Phi) is 2.70. The number of hydrogen-bond acceptors (Lipinski definition) is 1. The Balaban J connectivity index is 1.83. The van der Waals surface area contributed by atoms with E-state index in [9.17, 15) is 4.79 Å². The molecule has 1 saturated carbocycles. The minimum Gasteiger partial charge on any atom is -0.465 e. The van der Waals surface area contributed by atoms with E-state index in [4.69, 9.17) is 5.11 Å². The van der Waals surface area contributed by atoms with Crippen molar-refractivity contribution in [3.63, 3.8) is 0 Å². The Labute approximate surface area is 105 Å². The molecule has 3 N–H and O–H groups in total. The first-order valence-electron chi connectivity index (χ1n) is 6.28. The van der Waals surface area contributed by atoms with E-state index in [0.29, 0.717) is 5.92 Å². The maximum Gasteiger partial charge on any atom is 0.404 e. The van der Waals surface area contributed by atoms with Gasteiger partial charge in [-0.25, -0.2) is 4.79 Å². The fourth-order valence-electron chi connectivity index (χ4n) is 2.53. The van der Waals surface area contributed by atoms with Crippen molar-refractivity contribution in [1.82, 2.24) is 10.3 Å². The number of carbonyl (C=O) groups is 1. The lowest BCUT2D eigenvalue weighted by Crippen LogP contribution is -2.36. The molecule has 2 aromatic rings. The average molecular weight is 244 g/mol. The largest absolute Gasteiger partial charge is 0.465 e. The normalized spacial score (nSPS) is 16.7. The molecule has 0 bridgehead atoms. The highest BCUT2D eigenvalue weighted by Gasteiger charge is 2.32. The van der Waals surface area contributed by atoms with Crippen LogP contribution in [0.2, 0.25) is 0 Å². The highest BCUT2D eigenvalue weighted by Crippen LogP contribution is 2.35. The third kappa shape index (κ3) is 2.18. The summed E-state index contributed by atoms with van der Waals surface area (Å²) in [6, 6.07) is 8.16. The standard InChI is InChI=1S/C14H16N2O2/c17-14(18)16-13(9-5-6-9)7-10-8-15-12-4-2-1-3-11(10)12/h1-4,8-9,13,15-16H,5-7H2,(H,17,18)/t13-/m0/s1. The highest BCUT2D eigenvalue weighted by atomic mass is 16.4. The van der Waals surface area contributed by atoms with E-state index < -0.39 is 6.09 Å². The van der Waals surface area contributed by atoms with Gasteiger partial charge in [0, 0.05) is 23.1 Å². The van der Waals surface area contributed by atoms with Crippen LogP contribution < -0.4 is 5.32 Å². The van der Waals surface area contributed by atoms with E-state index in [0.717, 1.165) is 24.8 Å². The number of rotatable bonds is 4. The zero-order valence-electron chi connectivity index (χ0n) is 10.0. The molecule has 0 aliphatic heterocycles. The summed E-state index contributed by atoms with van der Waals surface area (Å²) < 4.78 is 0. The molecule has 1 aliphatic carbocycles. The number of benzene rings is 1. The van der Waals surface area contributed by atoms with Crippen LogP contribution in [0.3, 0.4) is 0 Å². The van der Waals surface area contributed by atoms with Crippen LogP contribution in [0.5, 0.6) is 0 Å². The maximum atomic E-state index is 10.8. The molecule has 4 heteroatoms. The summed E-state index contributed by atoms with van der Waals surface area (Å²) in [5.74, 6) is 0.509. The Bertz CT molecular complexity index is 572. The van der Waals surface area contributed by atoms with Crippen LogP contribution in [-0.4, -0.2) is 22.2 Å². The lowest BCUT2D eigenvalue weighted by atomic mass is 10.0. The predicted octanol–water partition coefficient (Wildman–Crippen LogP) is 2.76. The van der Waals surface area contributed by atoms with E-state index >= 15 is 0 Å². The summed E-state index contributed by atoms with van der Waals surface area (Å²) in [5, 5.41) is 12.7. The fourth-order valence-corrected chi connectivity index (χ4v) is 2.53. The molecule has 0 unspecified atom stereocenters. The van der Waals surface area contributed by atoms with E-state index in [1.54, 1.807) is 0 Å². The molecule has 1 aromatic carbocycles. The maximum absolute atomic E-state index is 10.8. The lowest BCUT2D eigenvalue weighted by Gasteiger charge is -2.15. The van der Waals surface area contributed by atoms with E-state index in [1.807, 2.05) is 24.4 Å². The molecule has 1 amide bonds. The van der Waals surface area contributed by atoms with Gasteiger partial charge in [0.15, 0.2) is 0 Å². The van der Waals surface area contributed by atoms with Gasteiger partial charge in [-0.1, -0.05) is 18.2 Å². The SMILES string of the molecule is O=C(O)N[C@@H](Cc1c[nH]c2ccccc12)C1CC1. The highest BCUT2D eigenvalue weighted by molar-refractivity contribution is 5.83. The number of fused-ring (bicyclic) bond motifs is 1.